The number of aromatic nitrogens is 2. The molecule has 1 amide bonds. The zero-order valence-corrected chi connectivity index (χ0v) is 14.0. The van der Waals surface area contributed by atoms with Crippen LogP contribution < -0.4 is 10.1 Å². The standard InChI is InChI=1S/C18H19N3O4/c1-21-13(6-7-14(21)18(23)24)17(22)19-9-8-11-10-20-12-4-3-5-15(25-2)16(11)12/h3-7,10,20H,8-9H2,1-2H3,(H,19,22)(H,23,24). The minimum atomic E-state index is -1.06. The largest absolute Gasteiger partial charge is 0.496 e. The lowest BCUT2D eigenvalue weighted by Crippen LogP contribution is -2.27. The average Bonchev–Trinajstić information content (AvgIpc) is 3.18. The Labute approximate surface area is 144 Å². The minimum Gasteiger partial charge on any atom is -0.496 e. The molecule has 7 nitrogen and oxygen atoms in total. The van der Waals surface area contributed by atoms with E-state index in [4.69, 9.17) is 9.84 Å². The summed E-state index contributed by atoms with van der Waals surface area (Å²) in [6.07, 6.45) is 2.53. The fourth-order valence-electron chi connectivity index (χ4n) is 2.94. The van der Waals surface area contributed by atoms with E-state index >= 15 is 0 Å². The first-order valence-electron chi connectivity index (χ1n) is 7.83. The zero-order chi connectivity index (χ0) is 18.0. The summed E-state index contributed by atoms with van der Waals surface area (Å²) in [6, 6.07) is 8.71. The van der Waals surface area contributed by atoms with E-state index in [-0.39, 0.29) is 11.6 Å². The normalized spacial score (nSPS) is 10.8. The fourth-order valence-corrected chi connectivity index (χ4v) is 2.94. The van der Waals surface area contributed by atoms with Crippen molar-refractivity contribution in [1.29, 1.82) is 0 Å². The van der Waals surface area contributed by atoms with Gasteiger partial charge in [0.2, 0.25) is 0 Å². The summed E-state index contributed by atoms with van der Waals surface area (Å²) in [5.74, 6) is -0.581. The summed E-state index contributed by atoms with van der Waals surface area (Å²) < 4.78 is 6.77. The number of methoxy groups -OCH3 is 1. The number of aromatic carboxylic acids is 1. The minimum absolute atomic E-state index is 0.0755. The van der Waals surface area contributed by atoms with Crippen LogP contribution in [0.25, 0.3) is 10.9 Å². The highest BCUT2D eigenvalue weighted by molar-refractivity contribution is 5.96. The predicted octanol–water partition coefficient (Wildman–Crippen LogP) is 2.19. The molecule has 0 aliphatic carbocycles. The van der Waals surface area contributed by atoms with Gasteiger partial charge in [-0.3, -0.25) is 4.79 Å². The molecule has 0 aliphatic rings. The van der Waals surface area contributed by atoms with Crippen LogP contribution in [0.15, 0.2) is 36.5 Å². The van der Waals surface area contributed by atoms with Gasteiger partial charge in [0, 0.05) is 30.7 Å². The summed E-state index contributed by atoms with van der Waals surface area (Å²) in [5.41, 5.74) is 2.42. The monoisotopic (exact) mass is 341 g/mol. The summed E-state index contributed by atoms with van der Waals surface area (Å²) >= 11 is 0. The van der Waals surface area contributed by atoms with E-state index in [0.717, 1.165) is 22.2 Å². The molecule has 0 spiro atoms. The number of nitrogens with one attached hydrogen (secondary N) is 2. The number of fused-ring (bicyclic) bond motifs is 1. The summed E-state index contributed by atoms with van der Waals surface area (Å²) in [7, 11) is 3.19. The van der Waals surface area contributed by atoms with Crippen LogP contribution in [-0.2, 0) is 13.5 Å². The molecule has 0 bridgehead atoms. The molecule has 1 aromatic carbocycles. The Morgan fingerprint density at radius 3 is 2.68 bits per heavy atom. The maximum Gasteiger partial charge on any atom is 0.352 e. The number of hydrogen-bond acceptors (Lipinski definition) is 3. The van der Waals surface area contributed by atoms with Gasteiger partial charge in [-0.15, -0.1) is 0 Å². The molecule has 0 unspecified atom stereocenters. The second kappa shape index (κ2) is 6.72. The Kier molecular flexibility index (Phi) is 4.47. The Balaban J connectivity index is 1.69. The van der Waals surface area contributed by atoms with Crippen LogP contribution in [0.3, 0.4) is 0 Å². The molecule has 3 aromatic rings. The quantitative estimate of drug-likeness (QED) is 0.640. The van der Waals surface area contributed by atoms with E-state index in [1.54, 1.807) is 14.2 Å². The number of carboxylic acid groups (broad SMARTS) is 1. The maximum absolute atomic E-state index is 12.3. The van der Waals surface area contributed by atoms with Crippen LogP contribution in [0.2, 0.25) is 0 Å². The van der Waals surface area contributed by atoms with Crippen molar-refractivity contribution >= 4 is 22.8 Å². The second-order valence-corrected chi connectivity index (χ2v) is 5.67. The number of carboxylic acids is 1. The van der Waals surface area contributed by atoms with Crippen molar-refractivity contribution in [2.45, 2.75) is 6.42 Å². The summed E-state index contributed by atoms with van der Waals surface area (Å²) in [5, 5.41) is 12.9. The van der Waals surface area contributed by atoms with Gasteiger partial charge in [0.25, 0.3) is 5.91 Å². The molecule has 7 heteroatoms. The van der Waals surface area contributed by atoms with Gasteiger partial charge in [0.15, 0.2) is 0 Å². The number of rotatable bonds is 6. The topological polar surface area (TPSA) is 96.3 Å². The van der Waals surface area contributed by atoms with Gasteiger partial charge in [-0.05, 0) is 36.2 Å². The third-order valence-electron chi connectivity index (χ3n) is 4.22. The average molecular weight is 341 g/mol. The third kappa shape index (κ3) is 3.08. The molecular weight excluding hydrogens is 322 g/mol. The van der Waals surface area contributed by atoms with Crippen molar-refractivity contribution in [2.24, 2.45) is 7.05 Å². The zero-order valence-electron chi connectivity index (χ0n) is 14.0. The van der Waals surface area contributed by atoms with E-state index in [1.807, 2.05) is 24.4 Å². The predicted molar refractivity (Wildman–Crippen MR) is 93.3 cm³/mol. The number of nitrogens with zero attached hydrogens (tertiary/aromatic N) is 1. The van der Waals surface area contributed by atoms with Crippen LogP contribution in [-0.4, -0.2) is 40.2 Å². The Morgan fingerprint density at radius 1 is 1.24 bits per heavy atom. The molecule has 0 aliphatic heterocycles. The number of aromatic amines is 1. The number of carbonyl (C=O) groups excluding carboxylic acids is 1. The van der Waals surface area contributed by atoms with Crippen LogP contribution in [0, 0.1) is 0 Å². The van der Waals surface area contributed by atoms with Crippen molar-refractivity contribution in [3.63, 3.8) is 0 Å². The first-order chi connectivity index (χ1) is 12.0. The van der Waals surface area contributed by atoms with Gasteiger partial charge in [-0.2, -0.15) is 0 Å². The highest BCUT2D eigenvalue weighted by Gasteiger charge is 2.16. The van der Waals surface area contributed by atoms with Gasteiger partial charge in [-0.25, -0.2) is 4.79 Å². The SMILES string of the molecule is COc1cccc2[nH]cc(CCNC(=O)c3ccc(C(=O)O)n3C)c12. The molecular formula is C18H19N3O4. The van der Waals surface area contributed by atoms with E-state index in [0.29, 0.717) is 18.7 Å². The molecule has 130 valence electrons. The van der Waals surface area contributed by atoms with Crippen LogP contribution in [0.4, 0.5) is 0 Å². The highest BCUT2D eigenvalue weighted by Crippen LogP contribution is 2.28. The number of hydrogen-bond donors (Lipinski definition) is 3. The van der Waals surface area contributed by atoms with Gasteiger partial charge < -0.3 is 24.7 Å². The lowest BCUT2D eigenvalue weighted by atomic mass is 10.1. The van der Waals surface area contributed by atoms with Crippen molar-refractivity contribution in [3.8, 4) is 5.75 Å². The Bertz CT molecular complexity index is 939. The molecule has 2 aromatic heterocycles. The van der Waals surface area contributed by atoms with Crippen LogP contribution >= 0.6 is 0 Å². The maximum atomic E-state index is 12.3. The van der Waals surface area contributed by atoms with E-state index in [1.165, 1.54) is 16.7 Å². The number of amides is 1. The Hall–Kier alpha value is -3.22. The summed E-state index contributed by atoms with van der Waals surface area (Å²) in [6.45, 7) is 0.428. The van der Waals surface area contributed by atoms with Gasteiger partial charge in [0.05, 0.1) is 7.11 Å². The van der Waals surface area contributed by atoms with Gasteiger partial charge >= 0.3 is 5.97 Å². The van der Waals surface area contributed by atoms with Crippen molar-refractivity contribution in [2.75, 3.05) is 13.7 Å². The smallest absolute Gasteiger partial charge is 0.352 e. The lowest BCUT2D eigenvalue weighted by molar-refractivity contribution is 0.0686. The second-order valence-electron chi connectivity index (χ2n) is 5.67. The van der Waals surface area contributed by atoms with Crippen LogP contribution in [0.1, 0.15) is 26.5 Å². The molecule has 0 fully saturated rings. The van der Waals surface area contributed by atoms with Crippen molar-refractivity contribution < 1.29 is 19.4 Å². The molecule has 3 N–H and O–H groups in total. The molecule has 25 heavy (non-hydrogen) atoms. The number of ether oxygens (including phenoxy) is 1. The first-order valence-corrected chi connectivity index (χ1v) is 7.83. The van der Waals surface area contributed by atoms with E-state index in [2.05, 4.69) is 10.3 Å². The molecule has 2 heterocycles. The lowest BCUT2D eigenvalue weighted by Gasteiger charge is -2.08. The third-order valence-corrected chi connectivity index (χ3v) is 4.22. The Morgan fingerprint density at radius 2 is 2.00 bits per heavy atom. The molecule has 0 radical (unpaired) electrons. The fraction of sp³-hybridized carbons (Fsp3) is 0.222. The van der Waals surface area contributed by atoms with Crippen molar-refractivity contribution in [3.05, 3.63) is 53.5 Å². The van der Waals surface area contributed by atoms with E-state index in [9.17, 15) is 9.59 Å². The molecule has 0 saturated heterocycles. The van der Waals surface area contributed by atoms with E-state index < -0.39 is 5.97 Å². The first kappa shape index (κ1) is 16.6. The van der Waals surface area contributed by atoms with Crippen LogP contribution in [0.5, 0.6) is 5.75 Å². The number of carbonyl (C=O) groups is 2. The van der Waals surface area contributed by atoms with Crippen molar-refractivity contribution in [1.82, 2.24) is 14.9 Å². The number of H-pyrrole nitrogens is 1. The molecule has 0 atom stereocenters. The number of benzene rings is 1. The molecule has 3 rings (SSSR count). The van der Waals surface area contributed by atoms with Gasteiger partial charge in [-0.1, -0.05) is 6.07 Å². The summed E-state index contributed by atoms with van der Waals surface area (Å²) in [4.78, 5) is 26.5. The van der Waals surface area contributed by atoms with Gasteiger partial charge in [0.1, 0.15) is 17.1 Å². The molecule has 0 saturated carbocycles. The highest BCUT2D eigenvalue weighted by atomic mass is 16.5.